The van der Waals surface area contributed by atoms with Crippen LogP contribution in [0.15, 0.2) is 6.07 Å². The molecule has 0 bridgehead atoms. The zero-order valence-corrected chi connectivity index (χ0v) is 10.3. The van der Waals surface area contributed by atoms with E-state index in [0.29, 0.717) is 0 Å². The van der Waals surface area contributed by atoms with Gasteiger partial charge in [0.25, 0.3) is 5.69 Å². The van der Waals surface area contributed by atoms with Gasteiger partial charge in [0, 0.05) is 18.2 Å². The Morgan fingerprint density at radius 2 is 2.17 bits per heavy atom. The molecular formula is C10H13ClN2O5. The second-order valence-corrected chi connectivity index (χ2v) is 4.11. The topological polar surface area (TPSA) is 117 Å². The third-order valence-corrected chi connectivity index (χ3v) is 2.77. The van der Waals surface area contributed by atoms with Crippen molar-refractivity contribution in [2.24, 2.45) is 0 Å². The number of nitrogens with zero attached hydrogens (tertiary/aromatic N) is 2. The highest BCUT2D eigenvalue weighted by Crippen LogP contribution is 2.30. The smallest absolute Gasteiger partial charge is 0.290 e. The van der Waals surface area contributed by atoms with E-state index < -0.39 is 17.1 Å². The maximum atomic E-state index is 10.7. The molecule has 8 heteroatoms. The lowest BCUT2D eigenvalue weighted by molar-refractivity contribution is -0.385. The molecule has 2 unspecified atom stereocenters. The minimum atomic E-state index is -1.43. The molecule has 0 radical (unpaired) electrons. The van der Waals surface area contributed by atoms with Gasteiger partial charge in [-0.25, -0.2) is 4.98 Å². The summed E-state index contributed by atoms with van der Waals surface area (Å²) in [6.45, 7) is 1.10. The largest absolute Gasteiger partial charge is 0.396 e. The van der Waals surface area contributed by atoms with Gasteiger partial charge in [0.05, 0.1) is 11.0 Å². The van der Waals surface area contributed by atoms with Crippen molar-refractivity contribution in [3.8, 4) is 0 Å². The van der Waals surface area contributed by atoms with Crippen LogP contribution in [0, 0.1) is 17.0 Å². The molecule has 3 N–H and O–H groups in total. The molecule has 1 rings (SSSR count). The zero-order valence-electron chi connectivity index (χ0n) is 9.58. The highest BCUT2D eigenvalue weighted by Gasteiger charge is 2.25. The van der Waals surface area contributed by atoms with Crippen LogP contribution in [0.4, 0.5) is 5.69 Å². The predicted octanol–water partition coefficient (Wildman–Crippen LogP) is 0.728. The van der Waals surface area contributed by atoms with E-state index in [2.05, 4.69) is 4.98 Å². The highest BCUT2D eigenvalue weighted by atomic mass is 35.5. The molecule has 0 aliphatic heterocycles. The van der Waals surface area contributed by atoms with Crippen LogP contribution in [0.25, 0.3) is 0 Å². The first-order valence-electron chi connectivity index (χ1n) is 5.17. The van der Waals surface area contributed by atoms with Crippen LogP contribution < -0.4 is 0 Å². The lowest BCUT2D eigenvalue weighted by Gasteiger charge is -2.18. The number of aromatic nitrogens is 1. The minimum Gasteiger partial charge on any atom is -0.396 e. The Kier molecular flexibility index (Phi) is 4.97. The Hall–Kier alpha value is -1.28. The first kappa shape index (κ1) is 14.8. The molecular weight excluding hydrogens is 264 g/mol. The van der Waals surface area contributed by atoms with E-state index in [9.17, 15) is 20.3 Å². The third kappa shape index (κ3) is 3.14. The Balaban J connectivity index is 3.15. The van der Waals surface area contributed by atoms with Crippen molar-refractivity contribution in [3.05, 3.63) is 32.6 Å². The van der Waals surface area contributed by atoms with Crippen molar-refractivity contribution in [2.45, 2.75) is 25.6 Å². The number of halogens is 1. The van der Waals surface area contributed by atoms with Gasteiger partial charge in [0.15, 0.2) is 0 Å². The molecule has 1 aromatic rings. The Bertz CT molecular complexity index is 454. The molecule has 1 aromatic heterocycles. The van der Waals surface area contributed by atoms with Crippen LogP contribution >= 0.6 is 11.6 Å². The average molecular weight is 277 g/mol. The number of aliphatic hydroxyl groups excluding tert-OH is 3. The second kappa shape index (κ2) is 6.05. The molecule has 2 atom stereocenters. The number of pyridine rings is 1. The highest BCUT2D eigenvalue weighted by molar-refractivity contribution is 6.30. The lowest BCUT2D eigenvalue weighted by atomic mass is 10.0. The number of hydrogen-bond donors (Lipinski definition) is 3. The van der Waals surface area contributed by atoms with E-state index in [0.717, 1.165) is 6.07 Å². The Morgan fingerprint density at radius 3 is 2.67 bits per heavy atom. The normalized spacial score (nSPS) is 14.3. The van der Waals surface area contributed by atoms with Crippen LogP contribution in [-0.4, -0.2) is 37.9 Å². The Morgan fingerprint density at radius 1 is 1.56 bits per heavy atom. The lowest BCUT2D eigenvalue weighted by Crippen LogP contribution is -2.20. The quantitative estimate of drug-likeness (QED) is 0.415. The van der Waals surface area contributed by atoms with Gasteiger partial charge in [-0.1, -0.05) is 11.6 Å². The summed E-state index contributed by atoms with van der Waals surface area (Å²) in [6.07, 6.45) is -2.77. The van der Waals surface area contributed by atoms with Crippen molar-refractivity contribution in [1.29, 1.82) is 0 Å². The van der Waals surface area contributed by atoms with Gasteiger partial charge < -0.3 is 15.3 Å². The molecule has 0 amide bonds. The fourth-order valence-corrected chi connectivity index (χ4v) is 1.76. The van der Waals surface area contributed by atoms with Gasteiger partial charge in [-0.05, 0) is 13.3 Å². The summed E-state index contributed by atoms with van der Waals surface area (Å²) in [6, 6.07) is 1.08. The monoisotopic (exact) mass is 276 g/mol. The number of nitro groups is 1. The molecule has 0 saturated carbocycles. The van der Waals surface area contributed by atoms with E-state index in [-0.39, 0.29) is 35.1 Å². The SMILES string of the molecule is Cc1nc(Cl)c(C(O)C(O)CCO)cc1[N+](=O)[O-]. The van der Waals surface area contributed by atoms with Crippen LogP contribution in [-0.2, 0) is 0 Å². The van der Waals surface area contributed by atoms with Crippen molar-refractivity contribution in [3.63, 3.8) is 0 Å². The van der Waals surface area contributed by atoms with E-state index in [1.54, 1.807) is 0 Å². The molecule has 0 aliphatic carbocycles. The summed E-state index contributed by atoms with van der Waals surface area (Å²) in [5, 5.41) is 38.6. The van der Waals surface area contributed by atoms with E-state index in [1.165, 1.54) is 6.92 Å². The van der Waals surface area contributed by atoms with Gasteiger partial charge >= 0.3 is 0 Å². The zero-order chi connectivity index (χ0) is 13.9. The molecule has 0 spiro atoms. The van der Waals surface area contributed by atoms with Crippen LogP contribution in [0.1, 0.15) is 23.8 Å². The summed E-state index contributed by atoms with van der Waals surface area (Å²) < 4.78 is 0. The molecule has 0 aliphatic rings. The van der Waals surface area contributed by atoms with Crippen molar-refractivity contribution >= 4 is 17.3 Å². The first-order chi connectivity index (χ1) is 8.38. The predicted molar refractivity (Wildman–Crippen MR) is 63.3 cm³/mol. The maximum Gasteiger partial charge on any atom is 0.290 e. The number of aryl methyl sites for hydroxylation is 1. The summed E-state index contributed by atoms with van der Waals surface area (Å²) in [5.41, 5.74) is -0.197. The number of rotatable bonds is 5. The number of hydrogen-bond acceptors (Lipinski definition) is 6. The minimum absolute atomic E-state index is 0.0325. The number of aliphatic hydroxyl groups is 3. The fraction of sp³-hybridized carbons (Fsp3) is 0.500. The van der Waals surface area contributed by atoms with Crippen LogP contribution in [0.2, 0.25) is 5.15 Å². The molecule has 1 heterocycles. The Labute approximate surface area is 108 Å². The van der Waals surface area contributed by atoms with Gasteiger partial charge in [0.2, 0.25) is 0 Å². The molecule has 0 saturated heterocycles. The maximum absolute atomic E-state index is 10.7. The van der Waals surface area contributed by atoms with E-state index >= 15 is 0 Å². The summed E-state index contributed by atoms with van der Waals surface area (Å²) in [7, 11) is 0. The second-order valence-electron chi connectivity index (χ2n) is 3.75. The third-order valence-electron chi connectivity index (χ3n) is 2.47. The van der Waals surface area contributed by atoms with Gasteiger partial charge in [-0.3, -0.25) is 10.1 Å². The summed E-state index contributed by atoms with van der Waals surface area (Å²) >= 11 is 5.78. The van der Waals surface area contributed by atoms with Crippen molar-refractivity contribution in [2.75, 3.05) is 6.61 Å². The molecule has 7 nitrogen and oxygen atoms in total. The molecule has 18 heavy (non-hydrogen) atoms. The fourth-order valence-electron chi connectivity index (χ4n) is 1.47. The van der Waals surface area contributed by atoms with Crippen LogP contribution in [0.5, 0.6) is 0 Å². The van der Waals surface area contributed by atoms with Gasteiger partial charge in [-0.15, -0.1) is 0 Å². The molecule has 0 aromatic carbocycles. The molecule has 0 fully saturated rings. The van der Waals surface area contributed by atoms with Gasteiger partial charge in [-0.2, -0.15) is 0 Å². The van der Waals surface area contributed by atoms with Gasteiger partial charge in [0.1, 0.15) is 17.0 Å². The van der Waals surface area contributed by atoms with E-state index in [4.69, 9.17) is 16.7 Å². The van der Waals surface area contributed by atoms with Crippen molar-refractivity contribution in [1.82, 2.24) is 4.98 Å². The van der Waals surface area contributed by atoms with Crippen LogP contribution in [0.3, 0.4) is 0 Å². The molecule has 100 valence electrons. The average Bonchev–Trinajstić information content (AvgIpc) is 2.28. The van der Waals surface area contributed by atoms with E-state index in [1.807, 2.05) is 0 Å². The summed E-state index contributed by atoms with van der Waals surface area (Å²) in [4.78, 5) is 13.8. The standard InChI is InChI=1S/C10H13ClN2O5/c1-5-7(13(17)18)4-6(10(11)12-5)9(16)8(15)2-3-14/h4,8-9,14-16H,2-3H2,1H3. The first-order valence-corrected chi connectivity index (χ1v) is 5.54. The van der Waals surface area contributed by atoms with Crippen molar-refractivity contribution < 1.29 is 20.2 Å². The summed E-state index contributed by atoms with van der Waals surface area (Å²) in [5.74, 6) is 0.